The first kappa shape index (κ1) is 23.1. The third-order valence-corrected chi connectivity index (χ3v) is 5.82. The SMILES string of the molecule is O=C(CSc1ccccc1C(=O)OCC(=O)N1CCCC1=O)Nc1cc(Cl)cc(Cl)c1. The Bertz CT molecular complexity index is 1010. The number of likely N-dealkylation sites (tertiary alicyclic amines) is 1. The molecule has 1 N–H and O–H groups in total. The Morgan fingerprint density at radius 1 is 1.10 bits per heavy atom. The normalized spacial score (nSPS) is 13.2. The quantitative estimate of drug-likeness (QED) is 0.474. The second-order valence-corrected chi connectivity index (χ2v) is 8.50. The molecule has 0 bridgehead atoms. The lowest BCUT2D eigenvalue weighted by Crippen LogP contribution is -2.35. The highest BCUT2D eigenvalue weighted by atomic mass is 35.5. The van der Waals surface area contributed by atoms with Gasteiger partial charge in [0.15, 0.2) is 6.61 Å². The van der Waals surface area contributed by atoms with Gasteiger partial charge in [0.05, 0.1) is 11.3 Å². The molecule has 0 radical (unpaired) electrons. The number of benzene rings is 2. The Kier molecular flexibility index (Phi) is 7.95. The van der Waals surface area contributed by atoms with Gasteiger partial charge in [-0.3, -0.25) is 19.3 Å². The molecule has 0 saturated carbocycles. The van der Waals surface area contributed by atoms with Crippen molar-refractivity contribution in [1.29, 1.82) is 0 Å². The Balaban J connectivity index is 1.56. The van der Waals surface area contributed by atoms with Crippen molar-refractivity contribution in [1.82, 2.24) is 4.90 Å². The predicted molar refractivity (Wildman–Crippen MR) is 118 cm³/mol. The van der Waals surface area contributed by atoms with Gasteiger partial charge in [-0.1, -0.05) is 35.3 Å². The molecule has 0 atom stereocenters. The van der Waals surface area contributed by atoms with E-state index in [1.165, 1.54) is 0 Å². The number of carbonyl (C=O) groups is 4. The van der Waals surface area contributed by atoms with E-state index >= 15 is 0 Å². The predicted octanol–water partition coefficient (Wildman–Crippen LogP) is 4.03. The summed E-state index contributed by atoms with van der Waals surface area (Å²) in [5.74, 6) is -1.79. The molecule has 1 fully saturated rings. The van der Waals surface area contributed by atoms with Gasteiger partial charge in [-0.25, -0.2) is 4.79 Å². The Hall–Kier alpha value is -2.55. The maximum absolute atomic E-state index is 12.5. The average Bonchev–Trinajstić information content (AvgIpc) is 3.15. The fourth-order valence-electron chi connectivity index (χ4n) is 2.92. The van der Waals surface area contributed by atoms with Crippen molar-refractivity contribution >= 4 is 64.3 Å². The Labute approximate surface area is 193 Å². The van der Waals surface area contributed by atoms with Crippen LogP contribution in [0.25, 0.3) is 0 Å². The summed E-state index contributed by atoms with van der Waals surface area (Å²) in [6.07, 6.45) is 0.935. The Morgan fingerprint density at radius 3 is 2.48 bits per heavy atom. The third-order valence-electron chi connectivity index (χ3n) is 4.31. The van der Waals surface area contributed by atoms with Crippen LogP contribution in [0.15, 0.2) is 47.4 Å². The summed E-state index contributed by atoms with van der Waals surface area (Å²) in [6, 6.07) is 11.3. The van der Waals surface area contributed by atoms with Crippen molar-refractivity contribution in [2.24, 2.45) is 0 Å². The number of esters is 1. The van der Waals surface area contributed by atoms with Gasteiger partial charge in [0, 0.05) is 33.6 Å². The van der Waals surface area contributed by atoms with E-state index in [1.807, 2.05) is 0 Å². The lowest BCUT2D eigenvalue weighted by Gasteiger charge is -2.14. The minimum absolute atomic E-state index is 0.0234. The zero-order valence-electron chi connectivity index (χ0n) is 16.2. The van der Waals surface area contributed by atoms with Gasteiger partial charge in [0.2, 0.25) is 11.8 Å². The van der Waals surface area contributed by atoms with Crippen LogP contribution in [0.1, 0.15) is 23.2 Å². The smallest absolute Gasteiger partial charge is 0.339 e. The average molecular weight is 481 g/mol. The van der Waals surface area contributed by atoms with E-state index in [-0.39, 0.29) is 23.1 Å². The Morgan fingerprint density at radius 2 is 1.81 bits per heavy atom. The second kappa shape index (κ2) is 10.7. The zero-order valence-corrected chi connectivity index (χ0v) is 18.6. The highest BCUT2D eigenvalue weighted by Crippen LogP contribution is 2.25. The molecule has 7 nitrogen and oxygen atoms in total. The number of imide groups is 1. The molecule has 10 heteroatoms. The van der Waals surface area contributed by atoms with Crippen LogP contribution in [0.3, 0.4) is 0 Å². The van der Waals surface area contributed by atoms with Crippen LogP contribution < -0.4 is 5.32 Å². The van der Waals surface area contributed by atoms with Crippen molar-refractivity contribution in [3.8, 4) is 0 Å². The highest BCUT2D eigenvalue weighted by molar-refractivity contribution is 8.00. The van der Waals surface area contributed by atoms with Gasteiger partial charge in [0.1, 0.15) is 0 Å². The number of thioether (sulfide) groups is 1. The van der Waals surface area contributed by atoms with Crippen molar-refractivity contribution in [2.75, 3.05) is 24.2 Å². The molecular formula is C21H18Cl2N2O5S. The molecule has 162 valence electrons. The van der Waals surface area contributed by atoms with E-state index in [9.17, 15) is 19.2 Å². The summed E-state index contributed by atoms with van der Waals surface area (Å²) >= 11 is 13.0. The molecular weight excluding hydrogens is 463 g/mol. The molecule has 1 heterocycles. The molecule has 1 aliphatic rings. The number of nitrogens with zero attached hydrogens (tertiary/aromatic N) is 1. The van der Waals surface area contributed by atoms with Crippen molar-refractivity contribution in [2.45, 2.75) is 17.7 Å². The van der Waals surface area contributed by atoms with E-state index in [0.717, 1.165) is 16.7 Å². The molecule has 3 amide bonds. The first-order valence-electron chi connectivity index (χ1n) is 9.31. The summed E-state index contributed by atoms with van der Waals surface area (Å²) in [5.41, 5.74) is 0.692. The molecule has 0 unspecified atom stereocenters. The number of nitrogens with one attached hydrogen (secondary N) is 1. The van der Waals surface area contributed by atoms with Gasteiger partial charge < -0.3 is 10.1 Å². The number of ether oxygens (including phenoxy) is 1. The van der Waals surface area contributed by atoms with Crippen LogP contribution in [-0.4, -0.2) is 47.5 Å². The van der Waals surface area contributed by atoms with E-state index < -0.39 is 18.5 Å². The third kappa shape index (κ3) is 6.46. The van der Waals surface area contributed by atoms with Gasteiger partial charge in [0.25, 0.3) is 5.91 Å². The van der Waals surface area contributed by atoms with E-state index in [1.54, 1.807) is 42.5 Å². The zero-order chi connectivity index (χ0) is 22.4. The van der Waals surface area contributed by atoms with Crippen LogP contribution in [0.5, 0.6) is 0 Å². The topological polar surface area (TPSA) is 92.8 Å². The first-order chi connectivity index (χ1) is 14.8. The van der Waals surface area contributed by atoms with E-state index in [0.29, 0.717) is 40.0 Å². The van der Waals surface area contributed by atoms with Crippen LogP contribution in [0.2, 0.25) is 10.0 Å². The van der Waals surface area contributed by atoms with E-state index in [2.05, 4.69) is 5.32 Å². The van der Waals surface area contributed by atoms with Crippen LogP contribution >= 0.6 is 35.0 Å². The van der Waals surface area contributed by atoms with Gasteiger partial charge >= 0.3 is 5.97 Å². The number of hydrogen-bond acceptors (Lipinski definition) is 6. The fraction of sp³-hybridized carbons (Fsp3) is 0.238. The number of hydrogen-bond donors (Lipinski definition) is 1. The number of amides is 3. The first-order valence-corrected chi connectivity index (χ1v) is 11.1. The van der Waals surface area contributed by atoms with Crippen LogP contribution in [0.4, 0.5) is 5.69 Å². The number of halogens is 2. The molecule has 2 aromatic carbocycles. The lowest BCUT2D eigenvalue weighted by atomic mass is 10.2. The van der Waals surface area contributed by atoms with Gasteiger partial charge in [-0.05, 0) is 36.8 Å². The van der Waals surface area contributed by atoms with Crippen molar-refractivity contribution < 1.29 is 23.9 Å². The largest absolute Gasteiger partial charge is 0.452 e. The highest BCUT2D eigenvalue weighted by Gasteiger charge is 2.27. The van der Waals surface area contributed by atoms with Crippen molar-refractivity contribution in [3.05, 3.63) is 58.1 Å². The van der Waals surface area contributed by atoms with E-state index in [4.69, 9.17) is 27.9 Å². The minimum Gasteiger partial charge on any atom is -0.452 e. The number of rotatable bonds is 7. The molecule has 31 heavy (non-hydrogen) atoms. The van der Waals surface area contributed by atoms with Crippen molar-refractivity contribution in [3.63, 3.8) is 0 Å². The second-order valence-electron chi connectivity index (χ2n) is 6.61. The summed E-state index contributed by atoms with van der Waals surface area (Å²) in [4.78, 5) is 50.0. The molecule has 1 saturated heterocycles. The standard InChI is InChI=1S/C21H18Cl2N2O5S/c22-13-8-14(23)10-15(9-13)24-18(26)12-31-17-5-2-1-4-16(17)21(29)30-11-20(28)25-7-3-6-19(25)27/h1-2,4-5,8-10H,3,6-7,11-12H2,(H,24,26). The molecule has 0 aliphatic carbocycles. The lowest BCUT2D eigenvalue weighted by molar-refractivity contribution is -0.143. The molecule has 1 aliphatic heterocycles. The molecule has 0 aromatic heterocycles. The summed E-state index contributed by atoms with van der Waals surface area (Å²) < 4.78 is 5.09. The van der Waals surface area contributed by atoms with Crippen LogP contribution in [0, 0.1) is 0 Å². The van der Waals surface area contributed by atoms with Gasteiger partial charge in [-0.2, -0.15) is 0 Å². The number of anilines is 1. The van der Waals surface area contributed by atoms with Gasteiger partial charge in [-0.15, -0.1) is 11.8 Å². The fourth-order valence-corrected chi connectivity index (χ4v) is 4.29. The monoisotopic (exact) mass is 480 g/mol. The van der Waals surface area contributed by atoms with Crippen LogP contribution in [-0.2, 0) is 19.1 Å². The summed E-state index contributed by atoms with van der Waals surface area (Å²) in [6.45, 7) is -0.172. The molecule has 2 aromatic rings. The molecule has 0 spiro atoms. The maximum Gasteiger partial charge on any atom is 0.339 e. The summed E-state index contributed by atoms with van der Waals surface area (Å²) in [7, 11) is 0. The number of carbonyl (C=O) groups excluding carboxylic acids is 4. The molecule has 3 rings (SSSR count). The minimum atomic E-state index is -0.704. The maximum atomic E-state index is 12.5. The summed E-state index contributed by atoms with van der Waals surface area (Å²) in [5, 5.41) is 3.48.